The van der Waals surface area contributed by atoms with Crippen LogP contribution < -0.4 is 10.6 Å². The Balaban J connectivity index is 1.51. The molecule has 5 nitrogen and oxygen atoms in total. The molecule has 0 bridgehead atoms. The summed E-state index contributed by atoms with van der Waals surface area (Å²) in [4.78, 5) is 12.6. The molecule has 1 aliphatic heterocycles. The number of fused-ring (bicyclic) bond motifs is 1. The lowest BCUT2D eigenvalue weighted by Crippen LogP contribution is -2.38. The Morgan fingerprint density at radius 3 is 2.79 bits per heavy atom. The molecule has 4 rings (SSSR count). The molecule has 0 saturated heterocycles. The van der Waals surface area contributed by atoms with E-state index in [9.17, 15) is 4.79 Å². The minimum absolute atomic E-state index is 0.0368. The van der Waals surface area contributed by atoms with Crippen molar-refractivity contribution in [2.24, 2.45) is 0 Å². The van der Waals surface area contributed by atoms with E-state index in [-0.39, 0.29) is 11.9 Å². The van der Waals surface area contributed by atoms with E-state index in [1.54, 1.807) is 0 Å². The largest absolute Gasteiger partial charge is 0.324 e. The molecular weight excluding hydrogens is 320 g/mol. The molecule has 1 aromatic heterocycles. The first kappa shape index (κ1) is 15.0. The number of hydrogen-bond acceptors (Lipinski definition) is 5. The Kier molecular flexibility index (Phi) is 4.06. The van der Waals surface area contributed by atoms with Gasteiger partial charge in [-0.1, -0.05) is 40.9 Å². The fourth-order valence-electron chi connectivity index (χ4n) is 2.97. The van der Waals surface area contributed by atoms with Crippen LogP contribution in [0.5, 0.6) is 0 Å². The standard InChI is InChI=1S/C18H16N4OS/c23-18(17-15-4-2-1-3-12(15)9-10-19-17)20-14-7-5-13(6-8-14)16-11-24-22-21-16/h1-8,11,17,19H,9-10H2,(H,20,23)/t17-/m0/s1. The zero-order valence-electron chi connectivity index (χ0n) is 12.9. The van der Waals surface area contributed by atoms with Gasteiger partial charge in [0.1, 0.15) is 11.7 Å². The number of anilines is 1. The first-order valence-corrected chi connectivity index (χ1v) is 8.64. The zero-order valence-corrected chi connectivity index (χ0v) is 13.7. The average Bonchev–Trinajstić information content (AvgIpc) is 3.16. The van der Waals surface area contributed by atoms with Gasteiger partial charge in [0, 0.05) is 23.2 Å². The van der Waals surface area contributed by atoms with Gasteiger partial charge in [-0.15, -0.1) is 5.10 Å². The minimum Gasteiger partial charge on any atom is -0.324 e. The summed E-state index contributed by atoms with van der Waals surface area (Å²) < 4.78 is 3.87. The van der Waals surface area contributed by atoms with Crippen LogP contribution in [0.4, 0.5) is 5.69 Å². The van der Waals surface area contributed by atoms with Gasteiger partial charge in [0.15, 0.2) is 0 Å². The molecule has 0 unspecified atom stereocenters. The maximum Gasteiger partial charge on any atom is 0.246 e. The summed E-state index contributed by atoms with van der Waals surface area (Å²) in [5.41, 5.74) is 4.91. The van der Waals surface area contributed by atoms with Crippen molar-refractivity contribution in [3.05, 3.63) is 65.0 Å². The molecule has 0 spiro atoms. The lowest BCUT2D eigenvalue weighted by atomic mass is 9.94. The van der Waals surface area contributed by atoms with Gasteiger partial charge in [0.2, 0.25) is 5.91 Å². The number of carbonyl (C=O) groups excluding carboxylic acids is 1. The topological polar surface area (TPSA) is 66.9 Å². The summed E-state index contributed by atoms with van der Waals surface area (Å²) >= 11 is 1.32. The molecule has 2 heterocycles. The fourth-order valence-corrected chi connectivity index (χ4v) is 3.43. The molecule has 1 aliphatic rings. The van der Waals surface area contributed by atoms with Gasteiger partial charge in [-0.3, -0.25) is 4.79 Å². The number of benzene rings is 2. The highest BCUT2D eigenvalue weighted by molar-refractivity contribution is 7.03. The van der Waals surface area contributed by atoms with Crippen molar-refractivity contribution in [1.82, 2.24) is 14.9 Å². The molecule has 0 radical (unpaired) electrons. The Labute approximate surface area is 143 Å². The third-order valence-electron chi connectivity index (χ3n) is 4.18. The van der Waals surface area contributed by atoms with Crippen LogP contribution in [0.2, 0.25) is 0 Å². The van der Waals surface area contributed by atoms with Crippen LogP contribution in [-0.2, 0) is 11.2 Å². The third kappa shape index (κ3) is 2.93. The smallest absolute Gasteiger partial charge is 0.246 e. The van der Waals surface area contributed by atoms with Crippen LogP contribution in [0.1, 0.15) is 17.2 Å². The molecule has 0 fully saturated rings. The number of carbonyl (C=O) groups is 1. The van der Waals surface area contributed by atoms with E-state index in [0.717, 1.165) is 35.5 Å². The first-order chi connectivity index (χ1) is 11.8. The van der Waals surface area contributed by atoms with Crippen LogP contribution in [0.25, 0.3) is 11.3 Å². The summed E-state index contributed by atoms with van der Waals surface area (Å²) in [6, 6.07) is 15.5. The Hall–Kier alpha value is -2.57. The second-order valence-corrected chi connectivity index (χ2v) is 6.30. The van der Waals surface area contributed by atoms with E-state index in [1.807, 2.05) is 47.8 Å². The van der Waals surface area contributed by atoms with Crippen LogP contribution in [-0.4, -0.2) is 22.0 Å². The highest BCUT2D eigenvalue weighted by atomic mass is 32.1. The summed E-state index contributed by atoms with van der Waals surface area (Å²) in [6.07, 6.45) is 0.955. The molecule has 0 saturated carbocycles. The molecule has 6 heteroatoms. The van der Waals surface area contributed by atoms with Gasteiger partial charge >= 0.3 is 0 Å². The highest BCUT2D eigenvalue weighted by Gasteiger charge is 2.25. The minimum atomic E-state index is -0.308. The maximum atomic E-state index is 12.6. The van der Waals surface area contributed by atoms with Gasteiger partial charge in [-0.2, -0.15) is 0 Å². The molecule has 1 atom stereocenters. The van der Waals surface area contributed by atoms with E-state index >= 15 is 0 Å². The van der Waals surface area contributed by atoms with Crippen LogP contribution in [0.15, 0.2) is 53.9 Å². The quantitative estimate of drug-likeness (QED) is 0.771. The third-order valence-corrected chi connectivity index (χ3v) is 4.68. The number of nitrogens with zero attached hydrogens (tertiary/aromatic N) is 2. The second kappa shape index (κ2) is 6.51. The molecule has 120 valence electrons. The Bertz CT molecular complexity index is 846. The zero-order chi connectivity index (χ0) is 16.4. The number of hydrogen-bond donors (Lipinski definition) is 2. The Morgan fingerprint density at radius 1 is 1.17 bits per heavy atom. The fraction of sp³-hybridized carbons (Fsp3) is 0.167. The number of amides is 1. The van der Waals surface area contributed by atoms with E-state index in [0.29, 0.717) is 0 Å². The molecule has 2 aromatic carbocycles. The lowest BCUT2D eigenvalue weighted by Gasteiger charge is -2.26. The molecule has 2 N–H and O–H groups in total. The van der Waals surface area contributed by atoms with Gasteiger partial charge in [-0.05, 0) is 41.2 Å². The highest BCUT2D eigenvalue weighted by Crippen LogP contribution is 2.25. The van der Waals surface area contributed by atoms with Crippen LogP contribution in [0, 0.1) is 0 Å². The molecule has 24 heavy (non-hydrogen) atoms. The monoisotopic (exact) mass is 336 g/mol. The SMILES string of the molecule is O=C(Nc1ccc(-c2csnn2)cc1)[C@H]1NCCc2ccccc21. The van der Waals surface area contributed by atoms with Crippen molar-refractivity contribution in [3.8, 4) is 11.3 Å². The number of aromatic nitrogens is 2. The van der Waals surface area contributed by atoms with Crippen molar-refractivity contribution >= 4 is 23.1 Å². The van der Waals surface area contributed by atoms with Crippen molar-refractivity contribution in [2.45, 2.75) is 12.5 Å². The van der Waals surface area contributed by atoms with Crippen LogP contribution in [0.3, 0.4) is 0 Å². The average molecular weight is 336 g/mol. The number of nitrogens with one attached hydrogen (secondary N) is 2. The maximum absolute atomic E-state index is 12.6. The van der Waals surface area contributed by atoms with Gasteiger partial charge in [0.05, 0.1) is 0 Å². The van der Waals surface area contributed by atoms with Crippen molar-refractivity contribution in [3.63, 3.8) is 0 Å². The number of rotatable bonds is 3. The van der Waals surface area contributed by atoms with Crippen molar-refractivity contribution in [2.75, 3.05) is 11.9 Å². The van der Waals surface area contributed by atoms with Gasteiger partial charge in [0.25, 0.3) is 0 Å². The van der Waals surface area contributed by atoms with Crippen LogP contribution >= 0.6 is 11.5 Å². The summed E-state index contributed by atoms with van der Waals surface area (Å²) in [6.45, 7) is 0.810. The van der Waals surface area contributed by atoms with Crippen molar-refractivity contribution < 1.29 is 4.79 Å². The summed E-state index contributed by atoms with van der Waals surface area (Å²) in [5.74, 6) is -0.0368. The van der Waals surface area contributed by atoms with E-state index in [2.05, 4.69) is 26.3 Å². The van der Waals surface area contributed by atoms with E-state index in [1.165, 1.54) is 17.1 Å². The molecular formula is C18H16N4OS. The van der Waals surface area contributed by atoms with Crippen molar-refractivity contribution in [1.29, 1.82) is 0 Å². The summed E-state index contributed by atoms with van der Waals surface area (Å²) in [7, 11) is 0. The predicted molar refractivity (Wildman–Crippen MR) is 94.9 cm³/mol. The van der Waals surface area contributed by atoms with E-state index < -0.39 is 0 Å². The van der Waals surface area contributed by atoms with Gasteiger partial charge in [-0.25, -0.2) is 0 Å². The molecule has 0 aliphatic carbocycles. The van der Waals surface area contributed by atoms with Gasteiger partial charge < -0.3 is 10.6 Å². The lowest BCUT2D eigenvalue weighted by molar-refractivity contribution is -0.118. The second-order valence-electron chi connectivity index (χ2n) is 5.69. The first-order valence-electron chi connectivity index (χ1n) is 7.81. The summed E-state index contributed by atoms with van der Waals surface area (Å²) in [5, 5.41) is 12.2. The predicted octanol–water partition coefficient (Wildman–Crippen LogP) is 3.03. The normalized spacial score (nSPS) is 16.4. The Morgan fingerprint density at radius 2 is 2.00 bits per heavy atom. The molecule has 3 aromatic rings. The van der Waals surface area contributed by atoms with E-state index in [4.69, 9.17) is 0 Å². The molecule has 1 amide bonds.